The van der Waals surface area contributed by atoms with Gasteiger partial charge < -0.3 is 9.64 Å². The number of hydrogen-bond donors (Lipinski definition) is 0. The molecule has 4 nitrogen and oxygen atoms in total. The number of halogens is 2. The second kappa shape index (κ2) is 7.56. The van der Waals surface area contributed by atoms with Crippen LogP contribution < -0.4 is 9.64 Å². The maximum Gasteiger partial charge on any atom is 0.318 e. The average Bonchev–Trinajstić information content (AvgIpc) is 2.35. The summed E-state index contributed by atoms with van der Waals surface area (Å²) in [6.07, 6.45) is 4.76. The van der Waals surface area contributed by atoms with Crippen LogP contribution in [-0.2, 0) is 0 Å². The van der Waals surface area contributed by atoms with Crippen LogP contribution in [0.4, 0.5) is 5.82 Å². The number of hydrogen-bond acceptors (Lipinski definition) is 4. The highest BCUT2D eigenvalue weighted by Crippen LogP contribution is 2.23. The van der Waals surface area contributed by atoms with Crippen molar-refractivity contribution in [2.45, 2.75) is 19.3 Å². The molecular weight excluding hydrogens is 261 g/mol. The second-order valence-electron chi connectivity index (χ2n) is 3.70. The van der Waals surface area contributed by atoms with Gasteiger partial charge in [0, 0.05) is 19.5 Å². The Morgan fingerprint density at radius 2 is 2.12 bits per heavy atom. The Balaban J connectivity index is 2.57. The molecule has 0 radical (unpaired) electrons. The molecule has 0 N–H and O–H groups in total. The van der Waals surface area contributed by atoms with Gasteiger partial charge in [-0.1, -0.05) is 18.0 Å². The first kappa shape index (κ1) is 14.3. The first-order valence-electron chi connectivity index (χ1n) is 5.52. The van der Waals surface area contributed by atoms with Gasteiger partial charge in [-0.2, -0.15) is 4.98 Å². The summed E-state index contributed by atoms with van der Waals surface area (Å²) in [5.41, 5.74) is 0. The van der Waals surface area contributed by atoms with E-state index < -0.39 is 0 Å². The highest BCUT2D eigenvalue weighted by Gasteiger charge is 2.10. The molecule has 0 aromatic carbocycles. The van der Waals surface area contributed by atoms with Crippen molar-refractivity contribution in [3.63, 3.8) is 0 Å². The van der Waals surface area contributed by atoms with Gasteiger partial charge >= 0.3 is 6.01 Å². The molecule has 1 rings (SSSR count). The molecule has 0 saturated carbocycles. The lowest BCUT2D eigenvalue weighted by molar-refractivity contribution is 0.380. The van der Waals surface area contributed by atoms with Crippen molar-refractivity contribution in [1.29, 1.82) is 0 Å². The van der Waals surface area contributed by atoms with E-state index in [4.69, 9.17) is 27.9 Å². The van der Waals surface area contributed by atoms with Crippen molar-refractivity contribution in [3.05, 3.63) is 11.2 Å². The van der Waals surface area contributed by atoms with E-state index in [0.717, 1.165) is 25.8 Å². The Hall–Kier alpha value is -0.740. The summed E-state index contributed by atoms with van der Waals surface area (Å²) in [4.78, 5) is 10.2. The van der Waals surface area contributed by atoms with E-state index in [1.54, 1.807) is 6.20 Å². The largest absolute Gasteiger partial charge is 0.467 e. The van der Waals surface area contributed by atoms with E-state index in [9.17, 15) is 0 Å². The molecule has 0 amide bonds. The van der Waals surface area contributed by atoms with Crippen LogP contribution in [-0.4, -0.2) is 36.6 Å². The zero-order chi connectivity index (χ0) is 12.7. The summed E-state index contributed by atoms with van der Waals surface area (Å²) in [5, 5.41) is 0.533. The van der Waals surface area contributed by atoms with Gasteiger partial charge in [-0.25, -0.2) is 4.98 Å². The van der Waals surface area contributed by atoms with Crippen LogP contribution in [0.5, 0.6) is 6.01 Å². The maximum atomic E-state index is 6.04. The van der Waals surface area contributed by atoms with Crippen LogP contribution in [0.15, 0.2) is 6.20 Å². The van der Waals surface area contributed by atoms with Crippen LogP contribution in [0.3, 0.4) is 0 Å². The quantitative estimate of drug-likeness (QED) is 0.567. The summed E-state index contributed by atoms with van der Waals surface area (Å²) < 4.78 is 4.98. The Morgan fingerprint density at radius 1 is 1.35 bits per heavy atom. The molecule has 0 aliphatic rings. The molecule has 0 aliphatic carbocycles. The van der Waals surface area contributed by atoms with E-state index in [1.165, 1.54) is 7.11 Å². The lowest BCUT2D eigenvalue weighted by Crippen LogP contribution is -2.20. The molecule has 0 aliphatic heterocycles. The molecule has 0 unspecified atom stereocenters. The highest BCUT2D eigenvalue weighted by molar-refractivity contribution is 6.32. The zero-order valence-corrected chi connectivity index (χ0v) is 11.6. The van der Waals surface area contributed by atoms with Crippen LogP contribution in [0, 0.1) is 0 Å². The Kier molecular flexibility index (Phi) is 6.37. The molecule has 96 valence electrons. The molecule has 17 heavy (non-hydrogen) atoms. The predicted octanol–water partition coefficient (Wildman–Crippen LogP) is 2.98. The first-order chi connectivity index (χ1) is 8.19. The second-order valence-corrected chi connectivity index (χ2v) is 4.48. The normalized spacial score (nSPS) is 10.4. The number of unbranched alkanes of at least 4 members (excludes halogenated alkanes) is 2. The van der Waals surface area contributed by atoms with E-state index in [1.807, 2.05) is 11.9 Å². The SMILES string of the molecule is COc1ncc(Cl)c(N(C)CCCCCCl)n1. The average molecular weight is 278 g/mol. The minimum Gasteiger partial charge on any atom is -0.467 e. The lowest BCUT2D eigenvalue weighted by atomic mass is 10.2. The fourth-order valence-corrected chi connectivity index (χ4v) is 1.86. The summed E-state index contributed by atoms with van der Waals surface area (Å²) >= 11 is 11.7. The van der Waals surface area contributed by atoms with E-state index in [2.05, 4.69) is 9.97 Å². The molecule has 0 fully saturated rings. The molecule has 0 bridgehead atoms. The number of rotatable bonds is 7. The van der Waals surface area contributed by atoms with Crippen molar-refractivity contribution in [1.82, 2.24) is 9.97 Å². The van der Waals surface area contributed by atoms with E-state index >= 15 is 0 Å². The smallest absolute Gasteiger partial charge is 0.318 e. The van der Waals surface area contributed by atoms with Crippen LogP contribution >= 0.6 is 23.2 Å². The third kappa shape index (κ3) is 4.56. The van der Waals surface area contributed by atoms with E-state index in [0.29, 0.717) is 22.7 Å². The van der Waals surface area contributed by atoms with Gasteiger partial charge in [0.1, 0.15) is 5.02 Å². The van der Waals surface area contributed by atoms with Crippen LogP contribution in [0.2, 0.25) is 5.02 Å². The van der Waals surface area contributed by atoms with Gasteiger partial charge in [0.2, 0.25) is 0 Å². The third-order valence-corrected chi connectivity index (χ3v) is 2.91. The first-order valence-corrected chi connectivity index (χ1v) is 6.44. The topological polar surface area (TPSA) is 38.2 Å². The number of alkyl halides is 1. The molecule has 1 aromatic rings. The fraction of sp³-hybridized carbons (Fsp3) is 0.636. The summed E-state index contributed by atoms with van der Waals surface area (Å²) in [6, 6.07) is 0.331. The minimum absolute atomic E-state index is 0.331. The van der Waals surface area contributed by atoms with Crippen LogP contribution in [0.25, 0.3) is 0 Å². The Morgan fingerprint density at radius 3 is 2.76 bits per heavy atom. The standard InChI is InChI=1S/C11H17Cl2N3O/c1-16(7-5-3-4-6-12)10-9(13)8-14-11(15-10)17-2/h8H,3-7H2,1-2H3. The molecule has 1 heterocycles. The predicted molar refractivity (Wildman–Crippen MR) is 71.4 cm³/mol. The summed E-state index contributed by atoms with van der Waals surface area (Å²) in [7, 11) is 3.49. The molecule has 6 heteroatoms. The van der Waals surface area contributed by atoms with Crippen molar-refractivity contribution in [2.75, 3.05) is 31.5 Å². The Bertz CT molecular complexity index is 349. The fourth-order valence-electron chi connectivity index (χ4n) is 1.43. The number of ether oxygens (including phenoxy) is 1. The monoisotopic (exact) mass is 277 g/mol. The summed E-state index contributed by atoms with van der Waals surface area (Å²) in [6.45, 7) is 0.886. The van der Waals surface area contributed by atoms with Gasteiger partial charge in [-0.05, 0) is 12.8 Å². The van der Waals surface area contributed by atoms with Crippen molar-refractivity contribution in [3.8, 4) is 6.01 Å². The molecule has 1 aromatic heterocycles. The van der Waals surface area contributed by atoms with Crippen molar-refractivity contribution < 1.29 is 4.74 Å². The van der Waals surface area contributed by atoms with Crippen molar-refractivity contribution in [2.24, 2.45) is 0 Å². The van der Waals surface area contributed by atoms with E-state index in [-0.39, 0.29) is 0 Å². The van der Waals surface area contributed by atoms with Gasteiger partial charge in [-0.15, -0.1) is 11.6 Å². The van der Waals surface area contributed by atoms with Gasteiger partial charge in [0.25, 0.3) is 0 Å². The maximum absolute atomic E-state index is 6.04. The lowest BCUT2D eigenvalue weighted by Gasteiger charge is -2.19. The van der Waals surface area contributed by atoms with Crippen LogP contribution in [0.1, 0.15) is 19.3 Å². The zero-order valence-electron chi connectivity index (χ0n) is 10.1. The summed E-state index contributed by atoms with van der Waals surface area (Å²) in [5.74, 6) is 1.41. The number of aromatic nitrogens is 2. The van der Waals surface area contributed by atoms with Crippen molar-refractivity contribution >= 4 is 29.0 Å². The molecule has 0 spiro atoms. The van der Waals surface area contributed by atoms with Gasteiger partial charge in [0.05, 0.1) is 13.3 Å². The van der Waals surface area contributed by atoms with Gasteiger partial charge in [0.15, 0.2) is 5.82 Å². The number of nitrogens with zero attached hydrogens (tertiary/aromatic N) is 3. The number of anilines is 1. The highest BCUT2D eigenvalue weighted by atomic mass is 35.5. The number of methoxy groups -OCH3 is 1. The Labute approximate surface area is 112 Å². The third-order valence-electron chi connectivity index (χ3n) is 2.37. The molecule has 0 atom stereocenters. The molecular formula is C11H17Cl2N3O. The van der Waals surface area contributed by atoms with Gasteiger partial charge in [-0.3, -0.25) is 0 Å². The minimum atomic E-state index is 0.331. The molecule has 0 saturated heterocycles.